The lowest BCUT2D eigenvalue weighted by molar-refractivity contribution is 0.372. The van der Waals surface area contributed by atoms with Crippen molar-refractivity contribution < 1.29 is 4.52 Å². The summed E-state index contributed by atoms with van der Waals surface area (Å²) in [6.45, 7) is 5.57. The molecule has 0 unspecified atom stereocenters. The predicted molar refractivity (Wildman–Crippen MR) is 107 cm³/mol. The van der Waals surface area contributed by atoms with Crippen molar-refractivity contribution in [2.24, 2.45) is 4.99 Å². The molecule has 0 atom stereocenters. The number of rotatable bonds is 7. The van der Waals surface area contributed by atoms with Gasteiger partial charge in [-0.15, -0.1) is 24.0 Å². The second kappa shape index (κ2) is 11.0. The predicted octanol–water partition coefficient (Wildman–Crippen LogP) is 2.86. The summed E-state index contributed by atoms with van der Waals surface area (Å²) < 4.78 is 5.09. The summed E-state index contributed by atoms with van der Waals surface area (Å²) in [6, 6.07) is 8.46. The number of aliphatic imine (C=N–C) groups is 1. The van der Waals surface area contributed by atoms with Gasteiger partial charge in [0.05, 0.1) is 0 Å². The minimum Gasteiger partial charge on any atom is -0.356 e. The van der Waals surface area contributed by atoms with Crippen molar-refractivity contribution in [3.63, 3.8) is 0 Å². The Hall–Kier alpha value is -1.64. The molecule has 0 aliphatic carbocycles. The van der Waals surface area contributed by atoms with E-state index in [1.807, 2.05) is 6.92 Å². The minimum absolute atomic E-state index is 0. The molecule has 0 spiro atoms. The van der Waals surface area contributed by atoms with E-state index in [0.717, 1.165) is 38.3 Å². The molecule has 0 bridgehead atoms. The average Bonchev–Trinajstić information content (AvgIpc) is 3.00. The van der Waals surface area contributed by atoms with Crippen LogP contribution in [0.15, 0.2) is 33.8 Å². The molecule has 0 aliphatic heterocycles. The van der Waals surface area contributed by atoms with E-state index in [1.54, 1.807) is 7.05 Å². The zero-order valence-corrected chi connectivity index (χ0v) is 16.8. The van der Waals surface area contributed by atoms with E-state index in [2.05, 4.69) is 57.0 Å². The molecule has 1 aromatic heterocycles. The van der Waals surface area contributed by atoms with Gasteiger partial charge in [-0.05, 0) is 30.9 Å². The Morgan fingerprint density at radius 1 is 1.21 bits per heavy atom. The van der Waals surface area contributed by atoms with Crippen LogP contribution in [-0.2, 0) is 19.4 Å². The Morgan fingerprint density at radius 3 is 2.58 bits per heavy atom. The van der Waals surface area contributed by atoms with Gasteiger partial charge in [0.1, 0.15) is 0 Å². The fourth-order valence-corrected chi connectivity index (χ4v) is 2.36. The quantitative estimate of drug-likeness (QED) is 0.298. The standard InChI is InChI=1S/C17H25N5O.HI/c1-4-14-8-5-6-9-15(14)12-20-17(18-3)19-11-7-10-16-21-13(2)22-23-16;/h5-6,8-9H,4,7,10-12H2,1-3H3,(H2,18,19,20);1H. The second-order valence-corrected chi connectivity index (χ2v) is 5.31. The zero-order valence-electron chi connectivity index (χ0n) is 14.5. The topological polar surface area (TPSA) is 75.3 Å². The number of benzene rings is 1. The highest BCUT2D eigenvalue weighted by atomic mass is 127. The molecule has 1 aromatic carbocycles. The average molecular weight is 443 g/mol. The molecule has 0 aliphatic rings. The van der Waals surface area contributed by atoms with E-state index in [1.165, 1.54) is 11.1 Å². The number of nitrogens with one attached hydrogen (secondary N) is 2. The first-order valence-corrected chi connectivity index (χ1v) is 8.03. The Kier molecular flexibility index (Phi) is 9.36. The molecule has 0 saturated carbocycles. The van der Waals surface area contributed by atoms with Crippen LogP contribution in [0.4, 0.5) is 0 Å². The lowest BCUT2D eigenvalue weighted by Crippen LogP contribution is -2.37. The highest BCUT2D eigenvalue weighted by Crippen LogP contribution is 2.08. The molecule has 0 saturated heterocycles. The molecule has 7 heteroatoms. The molecule has 0 radical (unpaired) electrons. The van der Waals surface area contributed by atoms with Crippen LogP contribution >= 0.6 is 24.0 Å². The molecule has 0 amide bonds. The molecular weight excluding hydrogens is 417 g/mol. The van der Waals surface area contributed by atoms with Crippen molar-refractivity contribution in [2.45, 2.75) is 39.7 Å². The van der Waals surface area contributed by atoms with E-state index in [0.29, 0.717) is 11.7 Å². The van der Waals surface area contributed by atoms with Gasteiger partial charge in [-0.2, -0.15) is 4.98 Å². The summed E-state index contributed by atoms with van der Waals surface area (Å²) in [5.41, 5.74) is 2.67. The minimum atomic E-state index is 0. The van der Waals surface area contributed by atoms with Crippen LogP contribution in [0.5, 0.6) is 0 Å². The normalized spacial score (nSPS) is 11.0. The number of halogens is 1. The molecule has 2 aromatic rings. The first-order valence-electron chi connectivity index (χ1n) is 8.03. The second-order valence-electron chi connectivity index (χ2n) is 5.31. The van der Waals surface area contributed by atoms with Gasteiger partial charge in [-0.3, -0.25) is 4.99 Å². The molecule has 1 heterocycles. The summed E-state index contributed by atoms with van der Waals surface area (Å²) in [7, 11) is 1.78. The number of guanidine groups is 1. The van der Waals surface area contributed by atoms with Crippen molar-refractivity contribution in [1.29, 1.82) is 0 Å². The van der Waals surface area contributed by atoms with E-state index < -0.39 is 0 Å². The summed E-state index contributed by atoms with van der Waals surface area (Å²) in [5, 5.41) is 10.4. The van der Waals surface area contributed by atoms with Crippen molar-refractivity contribution in [3.8, 4) is 0 Å². The Balaban J connectivity index is 0.00000288. The lowest BCUT2D eigenvalue weighted by Gasteiger charge is -2.13. The van der Waals surface area contributed by atoms with Gasteiger partial charge in [-0.1, -0.05) is 36.3 Å². The summed E-state index contributed by atoms with van der Waals surface area (Å²) in [4.78, 5) is 8.44. The van der Waals surface area contributed by atoms with Crippen LogP contribution in [0.25, 0.3) is 0 Å². The molecule has 24 heavy (non-hydrogen) atoms. The van der Waals surface area contributed by atoms with Crippen molar-refractivity contribution in [3.05, 3.63) is 47.1 Å². The fourth-order valence-electron chi connectivity index (χ4n) is 2.36. The van der Waals surface area contributed by atoms with E-state index in [9.17, 15) is 0 Å². The van der Waals surface area contributed by atoms with Crippen molar-refractivity contribution >= 4 is 29.9 Å². The number of aryl methyl sites for hydroxylation is 3. The summed E-state index contributed by atoms with van der Waals surface area (Å²) >= 11 is 0. The summed E-state index contributed by atoms with van der Waals surface area (Å²) in [6.07, 6.45) is 2.71. The van der Waals surface area contributed by atoms with Gasteiger partial charge in [0.25, 0.3) is 0 Å². The third-order valence-electron chi connectivity index (χ3n) is 3.60. The smallest absolute Gasteiger partial charge is 0.226 e. The van der Waals surface area contributed by atoms with E-state index in [-0.39, 0.29) is 24.0 Å². The SMILES string of the molecule is CCc1ccccc1CNC(=NC)NCCCc1nc(C)no1.I. The maximum Gasteiger partial charge on any atom is 0.226 e. The largest absolute Gasteiger partial charge is 0.356 e. The third-order valence-corrected chi connectivity index (χ3v) is 3.60. The summed E-state index contributed by atoms with van der Waals surface area (Å²) in [5.74, 6) is 2.17. The van der Waals surface area contributed by atoms with Crippen LogP contribution in [0, 0.1) is 6.92 Å². The monoisotopic (exact) mass is 443 g/mol. The van der Waals surface area contributed by atoms with Gasteiger partial charge < -0.3 is 15.2 Å². The molecule has 132 valence electrons. The maximum absolute atomic E-state index is 5.09. The van der Waals surface area contributed by atoms with Crippen LogP contribution in [0.1, 0.15) is 36.2 Å². The third kappa shape index (κ3) is 6.46. The number of aromatic nitrogens is 2. The van der Waals surface area contributed by atoms with Crippen LogP contribution in [0.2, 0.25) is 0 Å². The molecular formula is C17H26IN5O. The first-order chi connectivity index (χ1) is 11.2. The Bertz CT molecular complexity index is 641. The van der Waals surface area contributed by atoms with Crippen LogP contribution in [0.3, 0.4) is 0 Å². The van der Waals surface area contributed by atoms with Crippen LogP contribution in [-0.4, -0.2) is 29.7 Å². The highest BCUT2D eigenvalue weighted by Gasteiger charge is 2.04. The Morgan fingerprint density at radius 2 is 1.96 bits per heavy atom. The lowest BCUT2D eigenvalue weighted by atomic mass is 10.1. The van der Waals surface area contributed by atoms with Gasteiger partial charge in [0.15, 0.2) is 11.8 Å². The number of nitrogens with zero attached hydrogens (tertiary/aromatic N) is 3. The van der Waals surface area contributed by atoms with Gasteiger partial charge in [-0.25, -0.2) is 0 Å². The van der Waals surface area contributed by atoms with Gasteiger partial charge >= 0.3 is 0 Å². The molecule has 6 nitrogen and oxygen atoms in total. The van der Waals surface area contributed by atoms with Crippen LogP contribution < -0.4 is 10.6 Å². The van der Waals surface area contributed by atoms with Gasteiger partial charge in [0, 0.05) is 26.6 Å². The van der Waals surface area contributed by atoms with E-state index >= 15 is 0 Å². The fraction of sp³-hybridized carbons (Fsp3) is 0.471. The number of hydrogen-bond donors (Lipinski definition) is 2. The highest BCUT2D eigenvalue weighted by molar-refractivity contribution is 14.0. The first kappa shape index (κ1) is 20.4. The molecule has 2 N–H and O–H groups in total. The maximum atomic E-state index is 5.09. The number of hydrogen-bond acceptors (Lipinski definition) is 4. The van der Waals surface area contributed by atoms with Crippen molar-refractivity contribution in [2.75, 3.05) is 13.6 Å². The van der Waals surface area contributed by atoms with Crippen molar-refractivity contribution in [1.82, 2.24) is 20.8 Å². The zero-order chi connectivity index (χ0) is 16.5. The van der Waals surface area contributed by atoms with Gasteiger partial charge in [0.2, 0.25) is 5.89 Å². The molecule has 2 rings (SSSR count). The molecule has 0 fully saturated rings. The Labute approximate surface area is 160 Å². The van der Waals surface area contributed by atoms with E-state index in [4.69, 9.17) is 4.52 Å².